The summed E-state index contributed by atoms with van der Waals surface area (Å²) in [6.07, 6.45) is 1.57. The van der Waals surface area contributed by atoms with Gasteiger partial charge >= 0.3 is 0 Å². The Hall–Kier alpha value is -1.49. The van der Waals surface area contributed by atoms with E-state index in [1.54, 1.807) is 4.90 Å². The first-order valence-corrected chi connectivity index (χ1v) is 8.84. The molecule has 3 fully saturated rings. The first-order chi connectivity index (χ1) is 11.5. The number of epoxide rings is 1. The van der Waals surface area contributed by atoms with Crippen molar-refractivity contribution in [1.82, 2.24) is 4.90 Å². The molecule has 130 valence electrons. The van der Waals surface area contributed by atoms with Crippen LogP contribution in [0.15, 0.2) is 30.3 Å². The molecule has 1 aromatic carbocycles. The highest BCUT2D eigenvalue weighted by Gasteiger charge is 2.50. The number of hydrogen-bond donors (Lipinski definition) is 0. The topological polar surface area (TPSA) is 32.8 Å². The van der Waals surface area contributed by atoms with Crippen LogP contribution < -0.4 is 0 Å². The number of hydrogen-bond acceptors (Lipinski definition) is 2. The Balaban J connectivity index is 1.53. The molecule has 0 aromatic heterocycles. The molecule has 0 bridgehead atoms. The van der Waals surface area contributed by atoms with Crippen molar-refractivity contribution >= 4 is 5.91 Å². The molecule has 1 amide bonds. The number of piperidine rings is 1. The third kappa shape index (κ3) is 3.06. The number of ether oxygens (including phenoxy) is 1. The number of amides is 1. The van der Waals surface area contributed by atoms with Crippen LogP contribution >= 0.6 is 0 Å². The summed E-state index contributed by atoms with van der Waals surface area (Å²) >= 11 is 0. The molecule has 2 heterocycles. The average molecular weight is 335 g/mol. The molecule has 24 heavy (non-hydrogen) atoms. The monoisotopic (exact) mass is 335 g/mol. The van der Waals surface area contributed by atoms with Gasteiger partial charge in [-0.2, -0.15) is 0 Å². The minimum Gasteiger partial charge on any atom is -0.369 e. The first kappa shape index (κ1) is 16.0. The molecule has 1 aromatic rings. The first-order valence-electron chi connectivity index (χ1n) is 8.84. The van der Waals surface area contributed by atoms with Crippen LogP contribution in [0.4, 0.5) is 8.78 Å². The predicted octanol–water partition coefficient (Wildman–Crippen LogP) is 3.60. The maximum absolute atomic E-state index is 14.0. The molecule has 0 radical (unpaired) electrons. The number of carbonyl (C=O) groups is 1. The lowest BCUT2D eigenvalue weighted by molar-refractivity contribution is -0.145. The van der Waals surface area contributed by atoms with Gasteiger partial charge in [0.1, 0.15) is 0 Å². The SMILES string of the molecule is O=C([C@H]1CC(F)(F)CC[C@@H]1c1ccccc1)N1CCC2(CC1)CO2. The maximum atomic E-state index is 14.0. The van der Waals surface area contributed by atoms with Crippen LogP contribution in [-0.4, -0.2) is 42.0 Å². The van der Waals surface area contributed by atoms with E-state index >= 15 is 0 Å². The Morgan fingerprint density at radius 1 is 1.12 bits per heavy atom. The number of likely N-dealkylation sites (tertiary alicyclic amines) is 1. The van der Waals surface area contributed by atoms with Crippen LogP contribution in [0.25, 0.3) is 0 Å². The van der Waals surface area contributed by atoms with Gasteiger partial charge in [0.15, 0.2) is 0 Å². The van der Waals surface area contributed by atoms with Crippen molar-refractivity contribution in [2.75, 3.05) is 19.7 Å². The quantitative estimate of drug-likeness (QED) is 0.774. The number of halogens is 2. The minimum atomic E-state index is -2.73. The van der Waals surface area contributed by atoms with Crippen molar-refractivity contribution in [2.24, 2.45) is 5.92 Å². The zero-order valence-corrected chi connectivity index (χ0v) is 13.7. The second-order valence-electron chi connectivity index (χ2n) is 7.52. The van der Waals surface area contributed by atoms with E-state index in [-0.39, 0.29) is 30.3 Å². The van der Waals surface area contributed by atoms with Crippen LogP contribution in [0.5, 0.6) is 0 Å². The smallest absolute Gasteiger partial charge is 0.249 e. The molecule has 3 aliphatic rings. The van der Waals surface area contributed by atoms with Crippen LogP contribution in [0.1, 0.15) is 43.6 Å². The summed E-state index contributed by atoms with van der Waals surface area (Å²) in [6, 6.07) is 9.66. The Kier molecular flexibility index (Phi) is 3.87. The normalized spacial score (nSPS) is 31.0. The highest BCUT2D eigenvalue weighted by molar-refractivity contribution is 5.80. The van der Waals surface area contributed by atoms with E-state index in [4.69, 9.17) is 4.74 Å². The molecule has 1 spiro atoms. The summed E-state index contributed by atoms with van der Waals surface area (Å²) in [4.78, 5) is 14.8. The van der Waals surface area contributed by atoms with Crippen LogP contribution in [0, 0.1) is 5.92 Å². The average Bonchev–Trinajstić information content (AvgIpc) is 3.34. The molecular weight excluding hydrogens is 312 g/mol. The van der Waals surface area contributed by atoms with E-state index in [0.29, 0.717) is 19.5 Å². The summed E-state index contributed by atoms with van der Waals surface area (Å²) in [6.45, 7) is 2.04. The summed E-state index contributed by atoms with van der Waals surface area (Å²) < 4.78 is 33.5. The van der Waals surface area contributed by atoms with Crippen molar-refractivity contribution < 1.29 is 18.3 Å². The van der Waals surface area contributed by atoms with E-state index in [1.165, 1.54) is 0 Å². The van der Waals surface area contributed by atoms with E-state index in [1.807, 2.05) is 30.3 Å². The van der Waals surface area contributed by atoms with E-state index in [2.05, 4.69) is 0 Å². The molecule has 1 saturated carbocycles. The third-order valence-corrected chi connectivity index (χ3v) is 5.91. The zero-order valence-electron chi connectivity index (χ0n) is 13.7. The van der Waals surface area contributed by atoms with Gasteiger partial charge in [-0.15, -0.1) is 0 Å². The highest BCUT2D eigenvalue weighted by atomic mass is 19.3. The van der Waals surface area contributed by atoms with Gasteiger partial charge in [0.25, 0.3) is 0 Å². The molecule has 0 N–H and O–H groups in total. The number of nitrogens with zero attached hydrogens (tertiary/aromatic N) is 1. The largest absolute Gasteiger partial charge is 0.369 e. The van der Waals surface area contributed by atoms with Crippen molar-refractivity contribution in [3.05, 3.63) is 35.9 Å². The summed E-state index contributed by atoms with van der Waals surface area (Å²) in [5, 5.41) is 0. The van der Waals surface area contributed by atoms with Gasteiger partial charge in [-0.3, -0.25) is 4.79 Å². The molecular formula is C19H23F2NO2. The number of benzene rings is 1. The molecule has 0 unspecified atom stereocenters. The highest BCUT2D eigenvalue weighted by Crippen LogP contribution is 2.46. The van der Waals surface area contributed by atoms with Crippen molar-refractivity contribution in [2.45, 2.75) is 49.5 Å². The van der Waals surface area contributed by atoms with E-state index < -0.39 is 11.8 Å². The lowest BCUT2D eigenvalue weighted by Crippen LogP contribution is -2.48. The summed E-state index contributed by atoms with van der Waals surface area (Å²) in [5.41, 5.74) is 0.997. The summed E-state index contributed by atoms with van der Waals surface area (Å²) in [5.74, 6) is -3.56. The Bertz CT molecular complexity index is 605. The lowest BCUT2D eigenvalue weighted by atomic mass is 9.73. The lowest BCUT2D eigenvalue weighted by Gasteiger charge is -2.40. The van der Waals surface area contributed by atoms with Gasteiger partial charge in [-0.25, -0.2) is 8.78 Å². The predicted molar refractivity (Wildman–Crippen MR) is 86.0 cm³/mol. The zero-order chi connectivity index (χ0) is 16.8. The standard InChI is InChI=1S/C19H23F2NO2/c20-19(21)7-6-15(14-4-2-1-3-5-14)16(12-19)17(23)22-10-8-18(9-11-22)13-24-18/h1-5,15-16H,6-13H2/t15-,16+/m1/s1. The molecule has 2 aliphatic heterocycles. The second-order valence-corrected chi connectivity index (χ2v) is 7.52. The Labute approximate surface area is 141 Å². The molecule has 3 nitrogen and oxygen atoms in total. The summed E-state index contributed by atoms with van der Waals surface area (Å²) in [7, 11) is 0. The Morgan fingerprint density at radius 2 is 1.79 bits per heavy atom. The van der Waals surface area contributed by atoms with Gasteiger partial charge in [-0.05, 0) is 30.7 Å². The van der Waals surface area contributed by atoms with Gasteiger partial charge in [0, 0.05) is 25.9 Å². The fourth-order valence-electron chi connectivity index (χ4n) is 4.25. The number of carbonyl (C=O) groups excluding carboxylic acids is 1. The van der Waals surface area contributed by atoms with E-state index in [0.717, 1.165) is 25.0 Å². The van der Waals surface area contributed by atoms with Gasteiger partial charge in [-0.1, -0.05) is 30.3 Å². The Morgan fingerprint density at radius 3 is 2.42 bits per heavy atom. The van der Waals surface area contributed by atoms with Crippen LogP contribution in [0.3, 0.4) is 0 Å². The van der Waals surface area contributed by atoms with Crippen molar-refractivity contribution in [1.29, 1.82) is 0 Å². The molecule has 5 heteroatoms. The van der Waals surface area contributed by atoms with Gasteiger partial charge in [0.05, 0.1) is 18.1 Å². The minimum absolute atomic E-state index is 0.00782. The second kappa shape index (κ2) is 5.80. The van der Waals surface area contributed by atoms with Gasteiger partial charge < -0.3 is 9.64 Å². The maximum Gasteiger partial charge on any atom is 0.249 e. The fourth-order valence-corrected chi connectivity index (χ4v) is 4.25. The molecule has 2 saturated heterocycles. The van der Waals surface area contributed by atoms with Crippen LogP contribution in [0.2, 0.25) is 0 Å². The molecule has 4 rings (SSSR count). The molecule has 1 aliphatic carbocycles. The fraction of sp³-hybridized carbons (Fsp3) is 0.632. The van der Waals surface area contributed by atoms with Crippen molar-refractivity contribution in [3.63, 3.8) is 0 Å². The van der Waals surface area contributed by atoms with E-state index in [9.17, 15) is 13.6 Å². The number of rotatable bonds is 2. The van der Waals surface area contributed by atoms with Gasteiger partial charge in [0.2, 0.25) is 11.8 Å². The third-order valence-electron chi connectivity index (χ3n) is 5.91. The van der Waals surface area contributed by atoms with Crippen molar-refractivity contribution in [3.8, 4) is 0 Å². The number of alkyl halides is 2. The van der Waals surface area contributed by atoms with Crippen LogP contribution in [-0.2, 0) is 9.53 Å². The molecule has 2 atom stereocenters.